The van der Waals surface area contributed by atoms with Crippen LogP contribution in [0.15, 0.2) is 36.7 Å². The second-order valence-electron chi connectivity index (χ2n) is 6.38. The molecule has 1 aliphatic heterocycles. The molecule has 0 N–H and O–H groups in total. The third-order valence-corrected chi connectivity index (χ3v) is 4.67. The van der Waals surface area contributed by atoms with Crippen LogP contribution < -0.4 is 0 Å². The van der Waals surface area contributed by atoms with Crippen LogP contribution in [0.5, 0.6) is 0 Å². The van der Waals surface area contributed by atoms with Crippen LogP contribution in [0, 0.1) is 0 Å². The number of likely N-dealkylation sites (N-methyl/N-ethyl adjacent to an activating group) is 1. The van der Waals surface area contributed by atoms with Gasteiger partial charge in [0.15, 0.2) is 0 Å². The van der Waals surface area contributed by atoms with Crippen LogP contribution in [-0.2, 0) is 4.74 Å². The first-order chi connectivity index (χ1) is 12.1. The topological polar surface area (TPSA) is 58.6 Å². The molecule has 6 nitrogen and oxygen atoms in total. The molecule has 1 amide bonds. The van der Waals surface area contributed by atoms with Crippen molar-refractivity contribution in [2.75, 3.05) is 40.3 Å². The van der Waals surface area contributed by atoms with Gasteiger partial charge in [0.2, 0.25) is 0 Å². The van der Waals surface area contributed by atoms with Gasteiger partial charge in [-0.2, -0.15) is 0 Å². The smallest absolute Gasteiger partial charge is 0.274 e. The molecule has 6 heteroatoms. The van der Waals surface area contributed by atoms with Crippen LogP contribution in [0.1, 0.15) is 29.1 Å². The highest BCUT2D eigenvalue weighted by atomic mass is 16.5. The number of hydrogen-bond acceptors (Lipinski definition) is 5. The molecule has 1 saturated heterocycles. The number of ether oxygens (including phenoxy) is 1. The first kappa shape index (κ1) is 17.5. The average molecular weight is 340 g/mol. The summed E-state index contributed by atoms with van der Waals surface area (Å²) >= 11 is 0. The van der Waals surface area contributed by atoms with Gasteiger partial charge in [-0.3, -0.25) is 9.78 Å². The van der Waals surface area contributed by atoms with Crippen molar-refractivity contribution in [1.29, 1.82) is 0 Å². The summed E-state index contributed by atoms with van der Waals surface area (Å²) in [5, 5.41) is 0. The maximum atomic E-state index is 12.7. The van der Waals surface area contributed by atoms with Gasteiger partial charge in [-0.1, -0.05) is 24.3 Å². The van der Waals surface area contributed by atoms with E-state index in [-0.39, 0.29) is 12.0 Å². The number of piperazine rings is 1. The molecule has 1 aliphatic rings. The van der Waals surface area contributed by atoms with Gasteiger partial charge in [-0.05, 0) is 19.5 Å². The van der Waals surface area contributed by atoms with E-state index in [1.54, 1.807) is 19.5 Å². The van der Waals surface area contributed by atoms with E-state index in [1.165, 1.54) is 0 Å². The fourth-order valence-corrected chi connectivity index (χ4v) is 2.84. The lowest BCUT2D eigenvalue weighted by Gasteiger charge is -2.32. The maximum absolute atomic E-state index is 12.7. The molecule has 2 aromatic rings. The molecule has 1 fully saturated rings. The van der Waals surface area contributed by atoms with Crippen LogP contribution in [-0.4, -0.2) is 66.0 Å². The van der Waals surface area contributed by atoms with Crippen molar-refractivity contribution in [3.8, 4) is 11.3 Å². The zero-order chi connectivity index (χ0) is 17.8. The van der Waals surface area contributed by atoms with Gasteiger partial charge in [0.1, 0.15) is 5.69 Å². The quantitative estimate of drug-likeness (QED) is 0.854. The zero-order valence-corrected chi connectivity index (χ0v) is 15.0. The molecule has 0 saturated carbocycles. The molecule has 2 heterocycles. The Morgan fingerprint density at radius 2 is 1.80 bits per heavy atom. The van der Waals surface area contributed by atoms with Crippen LogP contribution in [0.25, 0.3) is 11.3 Å². The molecular formula is C19H24N4O2. The third-order valence-electron chi connectivity index (χ3n) is 4.67. The molecule has 0 radical (unpaired) electrons. The fraction of sp³-hybridized carbons (Fsp3) is 0.421. The van der Waals surface area contributed by atoms with Crippen molar-refractivity contribution in [2.24, 2.45) is 0 Å². The second-order valence-corrected chi connectivity index (χ2v) is 6.38. The van der Waals surface area contributed by atoms with Crippen molar-refractivity contribution >= 4 is 5.91 Å². The van der Waals surface area contributed by atoms with E-state index in [0.717, 1.165) is 37.3 Å². The van der Waals surface area contributed by atoms with E-state index in [9.17, 15) is 4.79 Å². The van der Waals surface area contributed by atoms with Crippen LogP contribution in [0.4, 0.5) is 0 Å². The third kappa shape index (κ3) is 4.03. The van der Waals surface area contributed by atoms with E-state index in [1.807, 2.05) is 36.1 Å². The van der Waals surface area contributed by atoms with Crippen LogP contribution in [0.3, 0.4) is 0 Å². The van der Waals surface area contributed by atoms with Gasteiger partial charge in [0, 0.05) is 38.9 Å². The molecule has 1 aromatic carbocycles. The molecule has 25 heavy (non-hydrogen) atoms. The molecule has 132 valence electrons. The predicted molar refractivity (Wildman–Crippen MR) is 96.3 cm³/mol. The summed E-state index contributed by atoms with van der Waals surface area (Å²) in [5.74, 6) is -0.0490. The standard InChI is InChI=1S/C19H24N4O2/c1-14(25-3)15-4-6-16(7-5-15)17-12-20-13-18(21-17)19(24)23-10-8-22(2)9-11-23/h4-7,12-14H,8-11H2,1-3H3. The van der Waals surface area contributed by atoms with E-state index in [4.69, 9.17) is 4.74 Å². The Morgan fingerprint density at radius 3 is 2.44 bits per heavy atom. The number of hydrogen-bond donors (Lipinski definition) is 0. The zero-order valence-electron chi connectivity index (χ0n) is 15.0. The number of benzene rings is 1. The molecule has 0 spiro atoms. The Bertz CT molecular complexity index is 724. The number of carbonyl (C=O) groups excluding carboxylic acids is 1. The minimum Gasteiger partial charge on any atom is -0.377 e. The molecule has 1 unspecified atom stereocenters. The lowest BCUT2D eigenvalue weighted by molar-refractivity contribution is 0.0658. The summed E-state index contributed by atoms with van der Waals surface area (Å²) < 4.78 is 5.33. The highest BCUT2D eigenvalue weighted by Crippen LogP contribution is 2.21. The molecule has 1 aromatic heterocycles. The van der Waals surface area contributed by atoms with Gasteiger partial charge in [-0.25, -0.2) is 4.98 Å². The fourth-order valence-electron chi connectivity index (χ4n) is 2.84. The molecular weight excluding hydrogens is 316 g/mol. The SMILES string of the molecule is COC(C)c1ccc(-c2cncc(C(=O)N3CCN(C)CC3)n2)cc1. The summed E-state index contributed by atoms with van der Waals surface area (Å²) in [5.41, 5.74) is 3.14. The van der Waals surface area contributed by atoms with Crippen molar-refractivity contribution < 1.29 is 9.53 Å². The average Bonchev–Trinajstić information content (AvgIpc) is 2.67. The van der Waals surface area contributed by atoms with E-state index in [0.29, 0.717) is 11.4 Å². The second kappa shape index (κ2) is 7.72. The normalized spacial score (nSPS) is 16.7. The van der Waals surface area contributed by atoms with Crippen molar-refractivity contribution in [3.63, 3.8) is 0 Å². The lowest BCUT2D eigenvalue weighted by atomic mass is 10.1. The number of amides is 1. The van der Waals surface area contributed by atoms with Crippen molar-refractivity contribution in [2.45, 2.75) is 13.0 Å². The van der Waals surface area contributed by atoms with E-state index >= 15 is 0 Å². The van der Waals surface area contributed by atoms with Gasteiger partial charge in [0.25, 0.3) is 5.91 Å². The predicted octanol–water partition coefficient (Wildman–Crippen LogP) is 2.24. The number of carbonyl (C=O) groups is 1. The number of nitrogens with zero attached hydrogens (tertiary/aromatic N) is 4. The Morgan fingerprint density at radius 1 is 1.12 bits per heavy atom. The summed E-state index contributed by atoms with van der Waals surface area (Å²) in [7, 11) is 3.76. The monoisotopic (exact) mass is 340 g/mol. The number of rotatable bonds is 4. The van der Waals surface area contributed by atoms with Crippen LogP contribution in [0.2, 0.25) is 0 Å². The minimum absolute atomic E-state index is 0.0466. The van der Waals surface area contributed by atoms with Crippen molar-refractivity contribution in [3.05, 3.63) is 47.9 Å². The molecule has 1 atom stereocenters. The Kier molecular flexibility index (Phi) is 5.40. The summed E-state index contributed by atoms with van der Waals surface area (Å²) in [4.78, 5) is 25.5. The highest BCUT2D eigenvalue weighted by molar-refractivity contribution is 5.92. The van der Waals surface area contributed by atoms with Crippen molar-refractivity contribution in [1.82, 2.24) is 19.8 Å². The minimum atomic E-state index is -0.0490. The van der Waals surface area contributed by atoms with Gasteiger partial charge >= 0.3 is 0 Å². The van der Waals surface area contributed by atoms with Crippen LogP contribution >= 0.6 is 0 Å². The molecule has 0 bridgehead atoms. The lowest BCUT2D eigenvalue weighted by Crippen LogP contribution is -2.47. The highest BCUT2D eigenvalue weighted by Gasteiger charge is 2.22. The Hall–Kier alpha value is -2.31. The van der Waals surface area contributed by atoms with Gasteiger partial charge in [0.05, 0.1) is 24.2 Å². The van der Waals surface area contributed by atoms with E-state index in [2.05, 4.69) is 21.9 Å². The first-order valence-corrected chi connectivity index (χ1v) is 8.51. The summed E-state index contributed by atoms with van der Waals surface area (Å²) in [6, 6.07) is 8.00. The largest absolute Gasteiger partial charge is 0.377 e. The Labute approximate surface area is 148 Å². The summed E-state index contributed by atoms with van der Waals surface area (Å²) in [6.45, 7) is 5.23. The molecule has 0 aliphatic carbocycles. The number of methoxy groups -OCH3 is 1. The number of aromatic nitrogens is 2. The Balaban J connectivity index is 1.78. The summed E-state index contributed by atoms with van der Waals surface area (Å²) in [6.07, 6.45) is 3.28. The maximum Gasteiger partial charge on any atom is 0.274 e. The first-order valence-electron chi connectivity index (χ1n) is 8.51. The van der Waals surface area contributed by atoms with Gasteiger partial charge < -0.3 is 14.5 Å². The van der Waals surface area contributed by atoms with Gasteiger partial charge in [-0.15, -0.1) is 0 Å². The van der Waals surface area contributed by atoms with E-state index < -0.39 is 0 Å². The molecule has 3 rings (SSSR count).